The summed E-state index contributed by atoms with van der Waals surface area (Å²) in [5.41, 5.74) is 5.44. The molecular formula is C45H74Cl2P2. The monoisotopic (exact) mass is 746 g/mol. The van der Waals surface area contributed by atoms with E-state index < -0.39 is 11.9 Å². The van der Waals surface area contributed by atoms with Gasteiger partial charge in [-0.15, -0.1) is 0 Å². The first-order valence-electron chi connectivity index (χ1n) is 22.1. The van der Waals surface area contributed by atoms with E-state index in [4.69, 9.17) is 6.58 Å². The summed E-state index contributed by atoms with van der Waals surface area (Å²) < 4.78 is 0. The molecule has 4 heteroatoms. The van der Waals surface area contributed by atoms with E-state index in [1.807, 2.05) is 0 Å². The van der Waals surface area contributed by atoms with Crippen molar-refractivity contribution >= 4 is 34.4 Å². The Bertz CT molecular complexity index is 1040. The van der Waals surface area contributed by atoms with Gasteiger partial charge in [0.1, 0.15) is 0 Å². The minimum atomic E-state index is -3.36. The van der Waals surface area contributed by atoms with Crippen LogP contribution in [0.4, 0.5) is 0 Å². The van der Waals surface area contributed by atoms with Crippen LogP contribution in [0.3, 0.4) is 0 Å². The van der Waals surface area contributed by atoms with Crippen LogP contribution in [-0.2, 0) is 4.90 Å². The minimum absolute atomic E-state index is 0.264. The van der Waals surface area contributed by atoms with Crippen molar-refractivity contribution in [3.05, 3.63) is 48.6 Å². The molecule has 6 saturated carbocycles. The summed E-state index contributed by atoms with van der Waals surface area (Å²) in [5, 5.41) is 0. The van der Waals surface area contributed by atoms with Gasteiger partial charge in [-0.05, 0) is 0 Å². The molecule has 0 aromatic heterocycles. The van der Waals surface area contributed by atoms with Crippen molar-refractivity contribution in [2.75, 3.05) is 0 Å². The third kappa shape index (κ3) is 5.52. The second kappa shape index (κ2) is 15.6. The van der Waals surface area contributed by atoms with Crippen LogP contribution in [0.5, 0.6) is 0 Å². The Hall–Kier alpha value is 0.400. The van der Waals surface area contributed by atoms with Crippen molar-refractivity contribution in [2.45, 2.75) is 231 Å². The van der Waals surface area contributed by atoms with Crippen LogP contribution in [0.25, 0.3) is 0 Å². The number of benzene rings is 1. The molecule has 0 heterocycles. The molecule has 0 nitrogen and oxygen atoms in total. The Balaban J connectivity index is 1.69. The van der Waals surface area contributed by atoms with Gasteiger partial charge in [0.2, 0.25) is 0 Å². The summed E-state index contributed by atoms with van der Waals surface area (Å²) in [5.74, 6) is -6.71. The van der Waals surface area contributed by atoms with Crippen molar-refractivity contribution in [1.29, 1.82) is 0 Å². The fourth-order valence-corrected chi connectivity index (χ4v) is 47.2. The van der Waals surface area contributed by atoms with Crippen LogP contribution in [-0.4, -0.2) is 34.0 Å². The van der Waals surface area contributed by atoms with E-state index in [1.165, 1.54) is 193 Å². The quantitative estimate of drug-likeness (QED) is 0.165. The molecule has 0 spiro atoms. The van der Waals surface area contributed by atoms with Crippen LogP contribution in [0.1, 0.15) is 198 Å². The standard InChI is InChI=1S/C45H74Cl2P2/c1-2-45(38-24-10-3-11-25-38,48(46,39-26-12-4-13-27-39,40-28-14-5-15-29-40)41-30-16-6-17-31-41)49(47,42-32-18-7-19-33-42,43-34-20-8-21-35-43)44-36-22-9-23-37-44/h2-3,10-11,24-25,39-44H,1,4-9,12-23,26-37H2. The van der Waals surface area contributed by atoms with Crippen LogP contribution < -0.4 is 0 Å². The summed E-state index contributed by atoms with van der Waals surface area (Å²) in [7, 11) is 0. The van der Waals surface area contributed by atoms with Gasteiger partial charge in [-0.25, -0.2) is 0 Å². The third-order valence-corrected chi connectivity index (χ3v) is 42.5. The Morgan fingerprint density at radius 1 is 0.408 bits per heavy atom. The average Bonchev–Trinajstić information content (AvgIpc) is 3.20. The third-order valence-electron chi connectivity index (χ3n) is 16.8. The number of hydrogen-bond acceptors (Lipinski definition) is 0. The second-order valence-electron chi connectivity index (χ2n) is 18.5. The Morgan fingerprint density at radius 3 is 0.837 bits per heavy atom. The molecule has 0 unspecified atom stereocenters. The molecule has 0 N–H and O–H groups in total. The molecular weight excluding hydrogens is 673 g/mol. The van der Waals surface area contributed by atoms with Gasteiger partial charge in [0.15, 0.2) is 0 Å². The molecule has 0 bridgehead atoms. The number of rotatable bonds is 10. The molecule has 49 heavy (non-hydrogen) atoms. The summed E-state index contributed by atoms with van der Waals surface area (Å²) in [6, 6.07) is 12.4. The van der Waals surface area contributed by atoms with Crippen molar-refractivity contribution in [2.24, 2.45) is 0 Å². The Labute approximate surface area is 312 Å². The summed E-state index contributed by atoms with van der Waals surface area (Å²) in [4.78, 5) is -0.264. The first-order chi connectivity index (χ1) is 24.0. The van der Waals surface area contributed by atoms with Gasteiger partial charge in [0.05, 0.1) is 0 Å². The van der Waals surface area contributed by atoms with Gasteiger partial charge in [-0.1, -0.05) is 0 Å². The summed E-state index contributed by atoms with van der Waals surface area (Å²) in [6.07, 6.45) is 44.0. The van der Waals surface area contributed by atoms with Gasteiger partial charge in [-0.3, -0.25) is 0 Å². The Kier molecular flexibility index (Phi) is 12.0. The molecule has 0 atom stereocenters. The molecule has 0 amide bonds. The van der Waals surface area contributed by atoms with Gasteiger partial charge in [-0.2, -0.15) is 0 Å². The van der Waals surface area contributed by atoms with Gasteiger partial charge >= 0.3 is 314 Å². The average molecular weight is 748 g/mol. The fourth-order valence-electron chi connectivity index (χ4n) is 15.3. The zero-order valence-corrected chi connectivity index (χ0v) is 34.8. The molecule has 0 saturated heterocycles. The van der Waals surface area contributed by atoms with E-state index in [9.17, 15) is 22.5 Å². The van der Waals surface area contributed by atoms with Gasteiger partial charge in [0, 0.05) is 0 Å². The predicted octanol–water partition coefficient (Wildman–Crippen LogP) is 16.4. The van der Waals surface area contributed by atoms with Crippen LogP contribution in [0.2, 0.25) is 0 Å². The van der Waals surface area contributed by atoms with E-state index >= 15 is 0 Å². The molecule has 0 aliphatic heterocycles. The maximum absolute atomic E-state index is 10.1. The first-order valence-corrected chi connectivity index (χ1v) is 28.8. The fraction of sp³-hybridized carbons (Fsp3) is 0.822. The molecule has 6 aliphatic rings. The summed E-state index contributed by atoms with van der Waals surface area (Å²) >= 11 is 20.3. The molecule has 278 valence electrons. The Morgan fingerprint density at radius 2 is 0.633 bits per heavy atom. The number of hydrogen-bond donors (Lipinski definition) is 0. The van der Waals surface area contributed by atoms with E-state index in [2.05, 4.69) is 36.4 Å². The van der Waals surface area contributed by atoms with Crippen LogP contribution in [0, 0.1) is 0 Å². The predicted molar refractivity (Wildman–Crippen MR) is 225 cm³/mol. The van der Waals surface area contributed by atoms with Crippen LogP contribution >= 0.6 is 34.4 Å². The zero-order chi connectivity index (χ0) is 33.9. The summed E-state index contributed by atoms with van der Waals surface area (Å²) in [6.45, 7) is 5.30. The van der Waals surface area contributed by atoms with Gasteiger partial charge < -0.3 is 0 Å². The van der Waals surface area contributed by atoms with Crippen molar-refractivity contribution < 1.29 is 0 Å². The molecule has 1 aromatic carbocycles. The zero-order valence-electron chi connectivity index (χ0n) is 31.5. The van der Waals surface area contributed by atoms with Crippen LogP contribution in [0.15, 0.2) is 43.0 Å². The first kappa shape index (κ1) is 37.7. The van der Waals surface area contributed by atoms with E-state index in [0.29, 0.717) is 34.0 Å². The number of allylic oxidation sites excluding steroid dienone is 1. The van der Waals surface area contributed by atoms with Crippen molar-refractivity contribution in [3.8, 4) is 0 Å². The van der Waals surface area contributed by atoms with E-state index in [0.717, 1.165) is 0 Å². The SMILES string of the molecule is C=CC(c1ccccc1)(P(Cl)(C1CCCCC1)(C1CCCCC1)C1CCCCC1)P(Cl)(C1CCCCC1)(C1CCCCC1)C1CCCCC1. The van der Waals surface area contributed by atoms with Gasteiger partial charge in [0.25, 0.3) is 0 Å². The van der Waals surface area contributed by atoms with Crippen molar-refractivity contribution in [3.63, 3.8) is 0 Å². The molecule has 1 aromatic rings. The number of halogens is 2. The van der Waals surface area contributed by atoms with E-state index in [1.54, 1.807) is 5.56 Å². The molecule has 6 fully saturated rings. The van der Waals surface area contributed by atoms with E-state index in [-0.39, 0.29) is 4.90 Å². The molecule has 0 radical (unpaired) electrons. The van der Waals surface area contributed by atoms with Crippen molar-refractivity contribution in [1.82, 2.24) is 0 Å². The normalized spacial score (nSPS) is 28.9. The topological polar surface area (TPSA) is 0 Å². The maximum atomic E-state index is 10.1. The molecule has 7 rings (SSSR count). The molecule has 6 aliphatic carbocycles. The second-order valence-corrected chi connectivity index (χ2v) is 34.0.